The normalized spacial score (nSPS) is 31.8. The summed E-state index contributed by atoms with van der Waals surface area (Å²) < 4.78 is 11.0. The molecule has 1 fully saturated rings. The van der Waals surface area contributed by atoms with Gasteiger partial charge in [0.25, 0.3) is 0 Å². The van der Waals surface area contributed by atoms with Crippen LogP contribution in [0.4, 0.5) is 0 Å². The minimum absolute atomic E-state index is 0.261. The molecule has 0 radical (unpaired) electrons. The summed E-state index contributed by atoms with van der Waals surface area (Å²) in [4.78, 5) is 10.4. The zero-order valence-corrected chi connectivity index (χ0v) is 10.7. The summed E-state index contributed by atoms with van der Waals surface area (Å²) in [5, 5.41) is 31.4. The number of hydrogen-bond donors (Lipinski definition) is 3. The van der Waals surface area contributed by atoms with Crippen LogP contribution in [0.1, 0.15) is 11.9 Å². The molecule has 5 atom stereocenters. The minimum atomic E-state index is -1.27. The van der Waals surface area contributed by atoms with Gasteiger partial charge in [0.15, 0.2) is 6.29 Å². The Bertz CT molecular complexity index is 428. The third kappa shape index (κ3) is 3.20. The molecule has 0 saturated carbocycles. The van der Waals surface area contributed by atoms with E-state index in [2.05, 4.69) is 5.18 Å². The van der Waals surface area contributed by atoms with Crippen LogP contribution in [0.2, 0.25) is 0 Å². The molecule has 20 heavy (non-hydrogen) atoms. The number of hydrogen-bond acceptors (Lipinski definition) is 7. The molecule has 0 spiro atoms. The maximum absolute atomic E-state index is 10.4. The highest BCUT2D eigenvalue weighted by molar-refractivity contribution is 5.16. The quantitative estimate of drug-likeness (QED) is 0.654. The first-order valence-electron chi connectivity index (χ1n) is 6.29. The van der Waals surface area contributed by atoms with Gasteiger partial charge in [0.2, 0.25) is 0 Å². The number of aliphatic hydroxyl groups excluding tert-OH is 3. The maximum Gasteiger partial charge on any atom is 0.184 e. The Balaban J connectivity index is 2.20. The van der Waals surface area contributed by atoms with Gasteiger partial charge < -0.3 is 24.8 Å². The predicted molar refractivity (Wildman–Crippen MR) is 68.7 cm³/mol. The smallest absolute Gasteiger partial charge is 0.184 e. The van der Waals surface area contributed by atoms with E-state index in [1.54, 1.807) is 24.3 Å². The average molecular weight is 283 g/mol. The van der Waals surface area contributed by atoms with Crippen molar-refractivity contribution in [3.63, 3.8) is 0 Å². The zero-order chi connectivity index (χ0) is 14.5. The van der Waals surface area contributed by atoms with E-state index in [0.29, 0.717) is 5.56 Å². The Morgan fingerprint density at radius 1 is 1.25 bits per heavy atom. The molecule has 0 amide bonds. The summed E-state index contributed by atoms with van der Waals surface area (Å²) in [6, 6.07) is 8.92. The Morgan fingerprint density at radius 2 is 1.95 bits per heavy atom. The van der Waals surface area contributed by atoms with Crippen molar-refractivity contribution >= 4 is 0 Å². The number of ether oxygens (including phenoxy) is 2. The monoisotopic (exact) mass is 283 g/mol. The van der Waals surface area contributed by atoms with Crippen LogP contribution in [-0.4, -0.2) is 52.9 Å². The Kier molecular flexibility index (Phi) is 5.16. The van der Waals surface area contributed by atoms with E-state index in [9.17, 15) is 15.1 Å². The molecule has 1 aromatic carbocycles. The van der Waals surface area contributed by atoms with E-state index in [1.165, 1.54) is 0 Å². The van der Waals surface area contributed by atoms with Gasteiger partial charge in [0, 0.05) is 5.56 Å². The van der Waals surface area contributed by atoms with E-state index in [0.717, 1.165) is 0 Å². The summed E-state index contributed by atoms with van der Waals surface area (Å²) in [6.45, 7) is -0.826. The standard InChI is InChI=1S/C13H17NO6/c15-7-9(16)12-11(17)10(6-14-18)19-13(20-12)8-4-2-1-3-5-8/h1-5,9-13,15-17H,6-7H2/t9-,10+,11-,12-,13?/m1/s1. The van der Waals surface area contributed by atoms with Crippen LogP contribution < -0.4 is 0 Å². The summed E-state index contributed by atoms with van der Waals surface area (Å²) in [6.07, 6.45) is -5.29. The van der Waals surface area contributed by atoms with Gasteiger partial charge in [-0.05, 0) is 0 Å². The van der Waals surface area contributed by atoms with Gasteiger partial charge in [-0.2, -0.15) is 4.91 Å². The minimum Gasteiger partial charge on any atom is -0.394 e. The van der Waals surface area contributed by atoms with Gasteiger partial charge in [-0.3, -0.25) is 0 Å². The highest BCUT2D eigenvalue weighted by atomic mass is 16.7. The second-order valence-corrected chi connectivity index (χ2v) is 4.57. The summed E-state index contributed by atoms with van der Waals surface area (Å²) >= 11 is 0. The molecule has 1 aliphatic heterocycles. The highest BCUT2D eigenvalue weighted by Gasteiger charge is 2.42. The maximum atomic E-state index is 10.4. The zero-order valence-electron chi connectivity index (χ0n) is 10.7. The number of nitroso groups, excluding NO2 is 1. The lowest BCUT2D eigenvalue weighted by Crippen LogP contribution is -2.54. The van der Waals surface area contributed by atoms with Gasteiger partial charge in [-0.15, -0.1) is 0 Å². The Labute approximate surface area is 115 Å². The van der Waals surface area contributed by atoms with Gasteiger partial charge in [0.1, 0.15) is 31.0 Å². The van der Waals surface area contributed by atoms with E-state index in [4.69, 9.17) is 14.6 Å². The largest absolute Gasteiger partial charge is 0.394 e. The molecule has 0 bridgehead atoms. The molecule has 1 aromatic rings. The third-order valence-corrected chi connectivity index (χ3v) is 3.19. The van der Waals surface area contributed by atoms with Gasteiger partial charge in [-0.25, -0.2) is 0 Å². The molecular formula is C13H17NO6. The molecule has 110 valence electrons. The van der Waals surface area contributed by atoms with Gasteiger partial charge in [-0.1, -0.05) is 35.5 Å². The Morgan fingerprint density at radius 3 is 2.55 bits per heavy atom. The molecule has 1 aliphatic rings. The highest BCUT2D eigenvalue weighted by Crippen LogP contribution is 2.31. The first-order chi connectivity index (χ1) is 9.67. The lowest BCUT2D eigenvalue weighted by Gasteiger charge is -2.40. The van der Waals surface area contributed by atoms with Crippen molar-refractivity contribution in [2.24, 2.45) is 5.18 Å². The van der Waals surface area contributed by atoms with Crippen LogP contribution in [0, 0.1) is 4.91 Å². The first-order valence-corrected chi connectivity index (χ1v) is 6.29. The van der Waals surface area contributed by atoms with Crippen molar-refractivity contribution in [2.75, 3.05) is 13.2 Å². The molecule has 1 heterocycles. The molecule has 0 aliphatic carbocycles. The fourth-order valence-corrected chi connectivity index (χ4v) is 2.12. The summed E-state index contributed by atoms with van der Waals surface area (Å²) in [7, 11) is 0. The molecule has 3 N–H and O–H groups in total. The second kappa shape index (κ2) is 6.87. The molecule has 0 aromatic heterocycles. The van der Waals surface area contributed by atoms with E-state index >= 15 is 0 Å². The van der Waals surface area contributed by atoms with Gasteiger partial charge in [0.05, 0.1) is 6.61 Å². The van der Waals surface area contributed by atoms with E-state index < -0.39 is 37.3 Å². The Hall–Kier alpha value is -1.38. The third-order valence-electron chi connectivity index (χ3n) is 3.19. The van der Waals surface area contributed by atoms with Crippen molar-refractivity contribution in [3.8, 4) is 0 Å². The molecule has 7 nitrogen and oxygen atoms in total. The molecular weight excluding hydrogens is 266 g/mol. The van der Waals surface area contributed by atoms with Crippen molar-refractivity contribution in [1.82, 2.24) is 0 Å². The number of rotatable bonds is 5. The fraction of sp³-hybridized carbons (Fsp3) is 0.538. The van der Waals surface area contributed by atoms with E-state index in [-0.39, 0.29) is 6.54 Å². The first kappa shape index (κ1) is 15.0. The predicted octanol–water partition coefficient (Wildman–Crippen LogP) is -0.0503. The topological polar surface area (TPSA) is 109 Å². The average Bonchev–Trinajstić information content (AvgIpc) is 2.49. The number of aliphatic hydroxyl groups is 3. The van der Waals surface area contributed by atoms with Crippen LogP contribution >= 0.6 is 0 Å². The molecule has 1 saturated heterocycles. The summed E-state index contributed by atoms with van der Waals surface area (Å²) in [5.74, 6) is 0. The SMILES string of the molecule is O=NC[C@@H]1OC(c2ccccc2)O[C@H]([C@H](O)CO)[C@@H]1O. The van der Waals surface area contributed by atoms with Crippen LogP contribution in [0.15, 0.2) is 35.5 Å². The lowest BCUT2D eigenvalue weighted by atomic mass is 10.0. The van der Waals surface area contributed by atoms with Gasteiger partial charge >= 0.3 is 0 Å². The molecule has 2 rings (SSSR count). The lowest BCUT2D eigenvalue weighted by molar-refractivity contribution is -0.304. The van der Waals surface area contributed by atoms with Crippen LogP contribution in [0.5, 0.6) is 0 Å². The molecule has 7 heteroatoms. The second-order valence-electron chi connectivity index (χ2n) is 4.57. The van der Waals surface area contributed by atoms with E-state index in [1.807, 2.05) is 6.07 Å². The summed E-state index contributed by atoms with van der Waals surface area (Å²) in [5.41, 5.74) is 0.686. The molecule has 1 unspecified atom stereocenters. The fourth-order valence-electron chi connectivity index (χ4n) is 2.12. The van der Waals surface area contributed by atoms with Crippen LogP contribution in [0.3, 0.4) is 0 Å². The number of benzene rings is 1. The van der Waals surface area contributed by atoms with Crippen molar-refractivity contribution in [1.29, 1.82) is 0 Å². The number of nitrogens with zero attached hydrogens (tertiary/aromatic N) is 1. The van der Waals surface area contributed by atoms with Crippen LogP contribution in [0.25, 0.3) is 0 Å². The van der Waals surface area contributed by atoms with Crippen molar-refractivity contribution in [2.45, 2.75) is 30.7 Å². The van der Waals surface area contributed by atoms with Crippen LogP contribution in [-0.2, 0) is 9.47 Å². The van der Waals surface area contributed by atoms with Crippen molar-refractivity contribution in [3.05, 3.63) is 40.8 Å². The van der Waals surface area contributed by atoms with Crippen molar-refractivity contribution < 1.29 is 24.8 Å².